The molecule has 3 heteroatoms. The van der Waals surface area contributed by atoms with Crippen molar-refractivity contribution < 1.29 is 0 Å². The quantitative estimate of drug-likeness (QED) is 0.711. The molecule has 0 amide bonds. The van der Waals surface area contributed by atoms with Crippen molar-refractivity contribution >= 4 is 12.6 Å². The molecule has 0 fully saturated rings. The molecule has 68 valence electrons. The molecule has 1 heterocycles. The maximum atomic E-state index is 4.31. The van der Waals surface area contributed by atoms with Crippen molar-refractivity contribution in [1.29, 1.82) is 0 Å². The molecule has 0 aliphatic carbocycles. The molecule has 0 spiro atoms. The van der Waals surface area contributed by atoms with Gasteiger partial charge >= 0.3 is 0 Å². The van der Waals surface area contributed by atoms with Crippen LogP contribution in [0.1, 0.15) is 32.0 Å². The van der Waals surface area contributed by atoms with Gasteiger partial charge in [-0.3, -0.25) is 0 Å². The van der Waals surface area contributed by atoms with Crippen LogP contribution in [0.25, 0.3) is 0 Å². The summed E-state index contributed by atoms with van der Waals surface area (Å²) >= 11 is 4.18. The molecule has 0 aromatic carbocycles. The standard InChI is InChI=1S/C9H16N2S/c1-8(2)9-10-4-6-11(9)5-3-7-12/h4,6,8,12H,3,5,7H2,1-2H3. The van der Waals surface area contributed by atoms with Gasteiger partial charge in [-0.2, -0.15) is 12.6 Å². The highest BCUT2D eigenvalue weighted by Crippen LogP contribution is 2.11. The van der Waals surface area contributed by atoms with Crippen LogP contribution in [-0.4, -0.2) is 15.3 Å². The molecule has 0 N–H and O–H groups in total. The Morgan fingerprint density at radius 3 is 2.92 bits per heavy atom. The molecule has 0 atom stereocenters. The Morgan fingerprint density at radius 2 is 2.33 bits per heavy atom. The van der Waals surface area contributed by atoms with Gasteiger partial charge in [-0.25, -0.2) is 4.98 Å². The van der Waals surface area contributed by atoms with Gasteiger partial charge in [0.15, 0.2) is 0 Å². The average Bonchev–Trinajstić information content (AvgIpc) is 2.48. The van der Waals surface area contributed by atoms with Crippen molar-refractivity contribution in [3.8, 4) is 0 Å². The predicted molar refractivity (Wildman–Crippen MR) is 54.8 cm³/mol. The van der Waals surface area contributed by atoms with E-state index in [1.165, 1.54) is 5.82 Å². The number of aromatic nitrogens is 2. The van der Waals surface area contributed by atoms with Gasteiger partial charge in [0.1, 0.15) is 5.82 Å². The highest BCUT2D eigenvalue weighted by atomic mass is 32.1. The second-order valence-electron chi connectivity index (χ2n) is 3.21. The van der Waals surface area contributed by atoms with Crippen LogP contribution in [0.3, 0.4) is 0 Å². The fraction of sp³-hybridized carbons (Fsp3) is 0.667. The highest BCUT2D eigenvalue weighted by Gasteiger charge is 2.05. The summed E-state index contributed by atoms with van der Waals surface area (Å²) in [5, 5.41) is 0. The second kappa shape index (κ2) is 4.55. The minimum absolute atomic E-state index is 0.514. The van der Waals surface area contributed by atoms with Crippen molar-refractivity contribution in [3.63, 3.8) is 0 Å². The SMILES string of the molecule is CC(C)c1nccn1CCCS. The van der Waals surface area contributed by atoms with Crippen LogP contribution >= 0.6 is 12.6 Å². The first kappa shape index (κ1) is 9.65. The van der Waals surface area contributed by atoms with E-state index in [4.69, 9.17) is 0 Å². The van der Waals surface area contributed by atoms with Crippen LogP contribution in [0.15, 0.2) is 12.4 Å². The minimum Gasteiger partial charge on any atom is -0.335 e. The third-order valence-corrected chi connectivity index (χ3v) is 2.14. The summed E-state index contributed by atoms with van der Waals surface area (Å²) in [5.41, 5.74) is 0. The van der Waals surface area contributed by atoms with Gasteiger partial charge in [-0.1, -0.05) is 13.8 Å². The maximum absolute atomic E-state index is 4.31. The Bertz CT molecular complexity index is 230. The Morgan fingerprint density at radius 1 is 1.58 bits per heavy atom. The zero-order chi connectivity index (χ0) is 8.97. The van der Waals surface area contributed by atoms with Gasteiger partial charge in [-0.05, 0) is 12.2 Å². The average molecular weight is 184 g/mol. The lowest BCUT2D eigenvalue weighted by Gasteiger charge is -2.08. The monoisotopic (exact) mass is 184 g/mol. The Balaban J connectivity index is 2.64. The van der Waals surface area contributed by atoms with Crippen molar-refractivity contribution in [3.05, 3.63) is 18.2 Å². The fourth-order valence-electron chi connectivity index (χ4n) is 1.25. The van der Waals surface area contributed by atoms with Crippen LogP contribution in [0.2, 0.25) is 0 Å². The van der Waals surface area contributed by atoms with Crippen molar-refractivity contribution in [2.24, 2.45) is 0 Å². The van der Waals surface area contributed by atoms with E-state index in [-0.39, 0.29) is 0 Å². The summed E-state index contributed by atoms with van der Waals surface area (Å²) in [7, 11) is 0. The zero-order valence-corrected chi connectivity index (χ0v) is 8.59. The van der Waals surface area contributed by atoms with Crippen LogP contribution in [0, 0.1) is 0 Å². The van der Waals surface area contributed by atoms with E-state index in [1.54, 1.807) is 0 Å². The number of rotatable bonds is 4. The van der Waals surface area contributed by atoms with Crippen LogP contribution in [0.5, 0.6) is 0 Å². The number of nitrogens with zero attached hydrogens (tertiary/aromatic N) is 2. The molecule has 0 unspecified atom stereocenters. The molecule has 0 aliphatic rings. The van der Waals surface area contributed by atoms with Gasteiger partial charge in [0.25, 0.3) is 0 Å². The second-order valence-corrected chi connectivity index (χ2v) is 3.66. The maximum Gasteiger partial charge on any atom is 0.111 e. The lowest BCUT2D eigenvalue weighted by molar-refractivity contribution is 0.613. The van der Waals surface area contributed by atoms with Crippen LogP contribution < -0.4 is 0 Å². The van der Waals surface area contributed by atoms with E-state index in [0.717, 1.165) is 18.7 Å². The smallest absolute Gasteiger partial charge is 0.111 e. The molecule has 0 saturated heterocycles. The Labute approximate surface area is 79.4 Å². The fourth-order valence-corrected chi connectivity index (χ4v) is 1.39. The molecule has 12 heavy (non-hydrogen) atoms. The minimum atomic E-state index is 0.514. The topological polar surface area (TPSA) is 17.8 Å². The molecule has 1 aromatic rings. The summed E-state index contributed by atoms with van der Waals surface area (Å²) < 4.78 is 2.21. The van der Waals surface area contributed by atoms with Gasteiger partial charge in [-0.15, -0.1) is 0 Å². The molecule has 0 aliphatic heterocycles. The van der Waals surface area contributed by atoms with Gasteiger partial charge in [0, 0.05) is 24.9 Å². The molecule has 0 saturated carbocycles. The first-order chi connectivity index (χ1) is 5.75. The molecule has 1 rings (SSSR count). The number of imidazole rings is 1. The molecule has 1 aromatic heterocycles. The van der Waals surface area contributed by atoms with Gasteiger partial charge in [0.2, 0.25) is 0 Å². The van der Waals surface area contributed by atoms with E-state index in [9.17, 15) is 0 Å². The number of aryl methyl sites for hydroxylation is 1. The molecule has 0 bridgehead atoms. The van der Waals surface area contributed by atoms with E-state index < -0.39 is 0 Å². The van der Waals surface area contributed by atoms with Gasteiger partial charge in [0.05, 0.1) is 0 Å². The third-order valence-electron chi connectivity index (χ3n) is 1.82. The summed E-state index contributed by atoms with van der Waals surface area (Å²) in [6.07, 6.45) is 5.02. The van der Waals surface area contributed by atoms with Crippen LogP contribution in [-0.2, 0) is 6.54 Å². The lowest BCUT2D eigenvalue weighted by Crippen LogP contribution is -2.04. The van der Waals surface area contributed by atoms with Crippen LogP contribution in [0.4, 0.5) is 0 Å². The predicted octanol–water partition coefficient (Wildman–Crippen LogP) is 2.33. The Kier molecular flexibility index (Phi) is 3.66. The van der Waals surface area contributed by atoms with Gasteiger partial charge < -0.3 is 4.57 Å². The normalized spacial score (nSPS) is 11.0. The third kappa shape index (κ3) is 2.27. The van der Waals surface area contributed by atoms with E-state index in [2.05, 4.69) is 36.0 Å². The number of hydrogen-bond donors (Lipinski definition) is 1. The zero-order valence-electron chi connectivity index (χ0n) is 7.70. The summed E-state index contributed by atoms with van der Waals surface area (Å²) in [4.78, 5) is 4.31. The first-order valence-electron chi connectivity index (χ1n) is 4.37. The molecule has 2 nitrogen and oxygen atoms in total. The largest absolute Gasteiger partial charge is 0.335 e. The summed E-state index contributed by atoms with van der Waals surface area (Å²) in [6.45, 7) is 5.37. The summed E-state index contributed by atoms with van der Waals surface area (Å²) in [6, 6.07) is 0. The first-order valence-corrected chi connectivity index (χ1v) is 5.01. The van der Waals surface area contributed by atoms with Crippen molar-refractivity contribution in [2.45, 2.75) is 32.7 Å². The number of hydrogen-bond acceptors (Lipinski definition) is 2. The molecular formula is C9H16N2S. The van der Waals surface area contributed by atoms with E-state index in [0.29, 0.717) is 5.92 Å². The molecular weight excluding hydrogens is 168 g/mol. The number of thiol groups is 1. The van der Waals surface area contributed by atoms with E-state index >= 15 is 0 Å². The van der Waals surface area contributed by atoms with Crippen molar-refractivity contribution in [2.75, 3.05) is 5.75 Å². The Hall–Kier alpha value is -0.440. The highest BCUT2D eigenvalue weighted by molar-refractivity contribution is 7.80. The summed E-state index contributed by atoms with van der Waals surface area (Å²) in [5.74, 6) is 2.63. The molecule has 0 radical (unpaired) electrons. The van der Waals surface area contributed by atoms with Crippen molar-refractivity contribution in [1.82, 2.24) is 9.55 Å². The van der Waals surface area contributed by atoms with E-state index in [1.807, 2.05) is 12.4 Å². The lowest BCUT2D eigenvalue weighted by atomic mass is 10.2.